The number of allylic oxidation sites excluding steroid dienone is 5. The van der Waals surface area contributed by atoms with Crippen molar-refractivity contribution in [1.29, 1.82) is 0 Å². The Morgan fingerprint density at radius 3 is 2.04 bits per heavy atom. The van der Waals surface area contributed by atoms with Crippen LogP contribution in [-0.2, 0) is 23.2 Å². The summed E-state index contributed by atoms with van der Waals surface area (Å²) in [6.45, 7) is 14.2. The van der Waals surface area contributed by atoms with E-state index in [0.29, 0.717) is 3.12 Å². The molecule has 1 aromatic carbocycles. The molecule has 0 N–H and O–H groups in total. The fourth-order valence-corrected chi connectivity index (χ4v) is 9.56. The molecule has 0 fully saturated rings. The smallest absolute Gasteiger partial charge is 1.00 e. The first-order valence-electron chi connectivity index (χ1n) is 8.33. The van der Waals surface area contributed by atoms with Crippen LogP contribution >= 0.6 is 0 Å². The van der Waals surface area contributed by atoms with Crippen molar-refractivity contribution in [3.05, 3.63) is 63.3 Å². The number of hydrogen-bond donors (Lipinski definition) is 0. The molecule has 0 saturated heterocycles. The summed E-state index contributed by atoms with van der Waals surface area (Å²) in [7, 11) is 0. The van der Waals surface area contributed by atoms with E-state index < -0.39 is 23.2 Å². The van der Waals surface area contributed by atoms with Gasteiger partial charge in [-0.05, 0) is 0 Å². The van der Waals surface area contributed by atoms with Crippen LogP contribution in [-0.4, -0.2) is 0 Å². The average molecular weight is 441 g/mol. The van der Waals surface area contributed by atoms with Crippen molar-refractivity contribution in [2.24, 2.45) is 0 Å². The summed E-state index contributed by atoms with van der Waals surface area (Å²) in [6, 6.07) is 9.06. The Morgan fingerprint density at radius 1 is 0.958 bits per heavy atom. The second-order valence-electron chi connectivity index (χ2n) is 6.90. The topological polar surface area (TPSA) is 0 Å². The standard InChI is InChI=1S/C11H11.C10H15.2ClH.Zr/c1-2-9-7-10-5-3-4-6-11(10)8-9;1-6-7(2)9(4)10(5)8(6)3;;;/h3-8H,2H2,1H3;1-5H3;2*1H;/q;;;;+2/p-2. The second kappa shape index (κ2) is 8.07. The first-order chi connectivity index (χ1) is 10.4. The zero-order chi connectivity index (χ0) is 16.1. The maximum absolute atomic E-state index is 2.53. The molecule has 128 valence electrons. The molecule has 0 amide bonds. The zero-order valence-corrected chi connectivity index (χ0v) is 19.4. The quantitative estimate of drug-likeness (QED) is 0.642. The van der Waals surface area contributed by atoms with Gasteiger partial charge in [-0.25, -0.2) is 0 Å². The first kappa shape index (κ1) is 21.9. The maximum atomic E-state index is 2.53. The molecule has 1 unspecified atom stereocenters. The van der Waals surface area contributed by atoms with E-state index in [1.54, 1.807) is 33.4 Å². The van der Waals surface area contributed by atoms with Crippen molar-refractivity contribution in [1.82, 2.24) is 0 Å². The van der Waals surface area contributed by atoms with Crippen molar-refractivity contribution in [2.75, 3.05) is 0 Å². The number of rotatable bonds is 3. The second-order valence-corrected chi connectivity index (χ2v) is 11.5. The molecule has 0 radical (unpaired) electrons. The van der Waals surface area contributed by atoms with Crippen LogP contribution in [0.15, 0.2) is 52.1 Å². The van der Waals surface area contributed by atoms with Gasteiger partial charge < -0.3 is 24.8 Å². The predicted molar refractivity (Wildman–Crippen MR) is 92.6 cm³/mol. The first-order valence-corrected chi connectivity index (χ1v) is 11.0. The van der Waals surface area contributed by atoms with E-state index in [-0.39, 0.29) is 24.8 Å². The van der Waals surface area contributed by atoms with Gasteiger partial charge in [-0.1, -0.05) is 0 Å². The molecule has 0 aromatic heterocycles. The van der Waals surface area contributed by atoms with Crippen molar-refractivity contribution in [2.45, 2.75) is 54.7 Å². The number of fused-ring (bicyclic) bond motifs is 1. The molecule has 0 aliphatic heterocycles. The SMILES string of the molecule is CCC1=Cc2ccccc2[CH]1[Zr+2][C]1(C)C(C)=C(C)C(C)=C1C.[Cl-].[Cl-]. The van der Waals surface area contributed by atoms with E-state index in [1.165, 1.54) is 12.0 Å². The third-order valence-electron chi connectivity index (χ3n) is 6.05. The van der Waals surface area contributed by atoms with E-state index in [9.17, 15) is 0 Å². The van der Waals surface area contributed by atoms with E-state index in [0.717, 1.165) is 3.63 Å². The summed E-state index contributed by atoms with van der Waals surface area (Å²) in [5.41, 5.74) is 11.2. The minimum atomic E-state index is -0.688. The van der Waals surface area contributed by atoms with Gasteiger partial charge in [-0.3, -0.25) is 0 Å². The van der Waals surface area contributed by atoms with Gasteiger partial charge in [0, 0.05) is 0 Å². The summed E-state index contributed by atoms with van der Waals surface area (Å²) in [5, 5.41) is 0. The van der Waals surface area contributed by atoms with Crippen LogP contribution in [0.4, 0.5) is 0 Å². The van der Waals surface area contributed by atoms with Crippen LogP contribution in [0.1, 0.15) is 62.7 Å². The van der Waals surface area contributed by atoms with E-state index in [1.807, 2.05) is 0 Å². The molecule has 2 aliphatic carbocycles. The Balaban J connectivity index is 0.00000144. The molecule has 3 heteroatoms. The summed E-state index contributed by atoms with van der Waals surface area (Å²) in [4.78, 5) is 0. The van der Waals surface area contributed by atoms with Crippen molar-refractivity contribution in [3.8, 4) is 0 Å². The number of hydrogen-bond acceptors (Lipinski definition) is 0. The van der Waals surface area contributed by atoms with Crippen LogP contribution < -0.4 is 24.8 Å². The molecule has 1 atom stereocenters. The monoisotopic (exact) mass is 438 g/mol. The van der Waals surface area contributed by atoms with Crippen molar-refractivity contribution < 1.29 is 48.0 Å². The fraction of sp³-hybridized carbons (Fsp3) is 0.429. The predicted octanol–water partition coefficient (Wildman–Crippen LogP) is 0.490. The van der Waals surface area contributed by atoms with Gasteiger partial charge in [-0.2, -0.15) is 0 Å². The van der Waals surface area contributed by atoms with Crippen molar-refractivity contribution >= 4 is 6.08 Å². The number of benzene rings is 1. The molecule has 0 nitrogen and oxygen atoms in total. The normalized spacial score (nSPS) is 20.9. The van der Waals surface area contributed by atoms with E-state index in [2.05, 4.69) is 71.9 Å². The zero-order valence-electron chi connectivity index (χ0n) is 15.4. The molecule has 0 heterocycles. The fourth-order valence-electron chi connectivity index (χ4n) is 3.96. The Kier molecular flexibility index (Phi) is 7.38. The van der Waals surface area contributed by atoms with E-state index >= 15 is 0 Å². The minimum Gasteiger partial charge on any atom is -1.00 e. The Hall–Kier alpha value is -0.0969. The largest absolute Gasteiger partial charge is 1.00 e. The molecule has 2 aliphatic rings. The van der Waals surface area contributed by atoms with Gasteiger partial charge in [-0.15, -0.1) is 0 Å². The van der Waals surface area contributed by atoms with Gasteiger partial charge >= 0.3 is 147 Å². The summed E-state index contributed by atoms with van der Waals surface area (Å²) < 4.78 is 1.13. The summed E-state index contributed by atoms with van der Waals surface area (Å²) in [5.74, 6) is 0. The van der Waals surface area contributed by atoms with Gasteiger partial charge in [0.1, 0.15) is 0 Å². The average Bonchev–Trinajstić information content (AvgIpc) is 2.94. The van der Waals surface area contributed by atoms with Crippen LogP contribution in [0.3, 0.4) is 0 Å². The van der Waals surface area contributed by atoms with Gasteiger partial charge in [0.05, 0.1) is 0 Å². The molecular weight excluding hydrogens is 414 g/mol. The van der Waals surface area contributed by atoms with Gasteiger partial charge in [0.25, 0.3) is 0 Å². The molecule has 24 heavy (non-hydrogen) atoms. The third-order valence-corrected chi connectivity index (χ3v) is 11.7. The Labute approximate surface area is 171 Å². The van der Waals surface area contributed by atoms with Gasteiger partial charge in [0.2, 0.25) is 0 Å². The van der Waals surface area contributed by atoms with Crippen LogP contribution in [0.2, 0.25) is 3.12 Å². The van der Waals surface area contributed by atoms with Crippen molar-refractivity contribution in [3.63, 3.8) is 0 Å². The third kappa shape index (κ3) is 3.29. The summed E-state index contributed by atoms with van der Waals surface area (Å²) >= 11 is -0.688. The molecule has 3 rings (SSSR count). The Morgan fingerprint density at radius 2 is 1.50 bits per heavy atom. The van der Waals surface area contributed by atoms with Crippen LogP contribution in [0.5, 0.6) is 0 Å². The van der Waals surface area contributed by atoms with Crippen LogP contribution in [0.25, 0.3) is 6.08 Å². The molecular formula is C21H26Cl2Zr. The molecule has 0 spiro atoms. The Bertz CT molecular complexity index is 701. The minimum absolute atomic E-state index is 0. The summed E-state index contributed by atoms with van der Waals surface area (Å²) in [6.07, 6.45) is 3.66. The van der Waals surface area contributed by atoms with E-state index in [4.69, 9.17) is 0 Å². The van der Waals surface area contributed by atoms with Gasteiger partial charge in [0.15, 0.2) is 0 Å². The van der Waals surface area contributed by atoms with Crippen LogP contribution in [0, 0.1) is 0 Å². The number of halogens is 2. The molecule has 0 saturated carbocycles. The maximum Gasteiger partial charge on any atom is -1.00 e. The molecule has 0 bridgehead atoms. The molecule has 1 aromatic rings.